The van der Waals surface area contributed by atoms with Crippen LogP contribution in [-0.2, 0) is 17.6 Å². The highest BCUT2D eigenvalue weighted by Gasteiger charge is 2.24. The Balaban J connectivity index is 0.000000308. The van der Waals surface area contributed by atoms with Gasteiger partial charge in [0.05, 0.1) is 26.2 Å². The fourth-order valence-corrected chi connectivity index (χ4v) is 4.54. The molecule has 3 nitrogen and oxygen atoms in total. The maximum atomic E-state index is 10.7. The van der Waals surface area contributed by atoms with Gasteiger partial charge in [0.1, 0.15) is 0 Å². The number of nitrogens with zero attached hydrogens (tertiary/aromatic N) is 1. The standard InChI is InChI=1S/C16H36N.C11H12O2/c1-5-9-13-17(14-10-6-2,15-11-7-3)16-12-8-4;12-11(13)10-6-5-8-3-1-2-4-9(8)7-10/h5-16H2,1-4H3;1-4,10H,5-7H2,(H,12,13)/q+1;/p-1. The van der Waals surface area contributed by atoms with Gasteiger partial charge in [0.25, 0.3) is 0 Å². The lowest BCUT2D eigenvalue weighted by atomic mass is 9.84. The van der Waals surface area contributed by atoms with Crippen molar-refractivity contribution in [3.8, 4) is 0 Å². The van der Waals surface area contributed by atoms with E-state index >= 15 is 0 Å². The number of unbranched alkanes of at least 4 members (excludes halogenated alkanes) is 4. The molecule has 0 saturated heterocycles. The van der Waals surface area contributed by atoms with Crippen LogP contribution in [0.4, 0.5) is 0 Å². The SMILES string of the molecule is CCCC[N+](CCCC)(CCCC)CCCC.O=C([O-])C1CCc2ccccc2C1. The number of rotatable bonds is 13. The van der Waals surface area contributed by atoms with Crippen molar-refractivity contribution in [3.05, 3.63) is 35.4 Å². The van der Waals surface area contributed by atoms with Gasteiger partial charge in [-0.2, -0.15) is 0 Å². The second-order valence-electron chi connectivity index (χ2n) is 9.18. The van der Waals surface area contributed by atoms with Gasteiger partial charge in [-0.1, -0.05) is 77.6 Å². The Morgan fingerprint density at radius 2 is 1.27 bits per heavy atom. The Kier molecular flexibility index (Phi) is 13.7. The zero-order valence-corrected chi connectivity index (χ0v) is 20.3. The maximum absolute atomic E-state index is 10.7. The van der Waals surface area contributed by atoms with E-state index in [4.69, 9.17) is 0 Å². The van der Waals surface area contributed by atoms with Gasteiger partial charge >= 0.3 is 0 Å². The summed E-state index contributed by atoms with van der Waals surface area (Å²) in [6, 6.07) is 8.03. The van der Waals surface area contributed by atoms with E-state index in [1.165, 1.54) is 93.2 Å². The minimum absolute atomic E-state index is 0.283. The Bertz CT molecular complexity index is 546. The molecule has 0 saturated carbocycles. The number of fused-ring (bicyclic) bond motifs is 1. The predicted octanol–water partition coefficient (Wildman–Crippen LogP) is 5.55. The number of aryl methyl sites for hydroxylation is 1. The lowest BCUT2D eigenvalue weighted by Gasteiger charge is -2.39. The first-order chi connectivity index (χ1) is 14.5. The zero-order valence-electron chi connectivity index (χ0n) is 20.3. The van der Waals surface area contributed by atoms with Crippen molar-refractivity contribution in [3.63, 3.8) is 0 Å². The molecule has 0 N–H and O–H groups in total. The molecule has 0 fully saturated rings. The molecule has 1 atom stereocenters. The lowest BCUT2D eigenvalue weighted by Crippen LogP contribution is -2.50. The molecule has 0 radical (unpaired) electrons. The molecule has 0 spiro atoms. The number of hydrogen-bond acceptors (Lipinski definition) is 2. The molecular formula is C27H47NO2. The Labute approximate surface area is 186 Å². The average molecular weight is 418 g/mol. The monoisotopic (exact) mass is 417 g/mol. The number of carboxylic acids is 1. The van der Waals surface area contributed by atoms with E-state index in [1.54, 1.807) is 0 Å². The van der Waals surface area contributed by atoms with Crippen LogP contribution >= 0.6 is 0 Å². The average Bonchev–Trinajstić information content (AvgIpc) is 2.78. The number of carboxylic acid groups (broad SMARTS) is 1. The first kappa shape index (κ1) is 26.7. The van der Waals surface area contributed by atoms with Crippen molar-refractivity contribution in [1.82, 2.24) is 0 Å². The minimum atomic E-state index is -0.908. The molecule has 1 aromatic rings. The molecule has 0 aromatic heterocycles. The van der Waals surface area contributed by atoms with Gasteiger partial charge in [-0.05, 0) is 56.1 Å². The molecule has 30 heavy (non-hydrogen) atoms. The Morgan fingerprint density at radius 3 is 1.67 bits per heavy atom. The van der Waals surface area contributed by atoms with Gasteiger partial charge in [0, 0.05) is 11.9 Å². The van der Waals surface area contributed by atoms with Crippen molar-refractivity contribution in [2.24, 2.45) is 5.92 Å². The van der Waals surface area contributed by atoms with Crippen molar-refractivity contribution in [2.45, 2.75) is 98.3 Å². The van der Waals surface area contributed by atoms with Crippen molar-refractivity contribution in [2.75, 3.05) is 26.2 Å². The number of quaternary nitrogens is 1. The molecule has 0 bridgehead atoms. The third kappa shape index (κ3) is 9.64. The molecule has 0 amide bonds. The highest BCUT2D eigenvalue weighted by atomic mass is 16.4. The van der Waals surface area contributed by atoms with Gasteiger partial charge in [-0.15, -0.1) is 0 Å². The summed E-state index contributed by atoms with van der Waals surface area (Å²) in [5.41, 5.74) is 2.46. The number of carbonyl (C=O) groups is 1. The third-order valence-electron chi connectivity index (χ3n) is 6.62. The fraction of sp³-hybridized carbons (Fsp3) is 0.741. The largest absolute Gasteiger partial charge is 0.550 e. The summed E-state index contributed by atoms with van der Waals surface area (Å²) >= 11 is 0. The number of aliphatic carboxylic acids is 1. The number of hydrogen-bond donors (Lipinski definition) is 0. The summed E-state index contributed by atoms with van der Waals surface area (Å²) in [6.07, 6.45) is 13.3. The van der Waals surface area contributed by atoms with Crippen LogP contribution in [-0.4, -0.2) is 36.6 Å². The number of benzene rings is 1. The van der Waals surface area contributed by atoms with Crippen LogP contribution in [0.25, 0.3) is 0 Å². The highest BCUT2D eigenvalue weighted by Crippen LogP contribution is 2.24. The molecule has 2 rings (SSSR count). The van der Waals surface area contributed by atoms with Crippen molar-refractivity contribution < 1.29 is 14.4 Å². The van der Waals surface area contributed by atoms with Crippen LogP contribution in [0, 0.1) is 5.92 Å². The maximum Gasteiger partial charge on any atom is 0.0786 e. The summed E-state index contributed by atoms with van der Waals surface area (Å²) in [5, 5.41) is 10.7. The zero-order chi connectivity index (χ0) is 22.2. The molecule has 1 aromatic carbocycles. The normalized spacial score (nSPS) is 15.8. The van der Waals surface area contributed by atoms with Gasteiger partial charge in [0.15, 0.2) is 0 Å². The molecular weight excluding hydrogens is 370 g/mol. The van der Waals surface area contributed by atoms with Crippen molar-refractivity contribution in [1.29, 1.82) is 0 Å². The first-order valence-electron chi connectivity index (χ1n) is 12.6. The summed E-state index contributed by atoms with van der Waals surface area (Å²) in [6.45, 7) is 15.0. The molecule has 1 aliphatic rings. The molecule has 3 heteroatoms. The molecule has 1 aliphatic carbocycles. The Hall–Kier alpha value is -1.35. The first-order valence-corrected chi connectivity index (χ1v) is 12.6. The van der Waals surface area contributed by atoms with E-state index in [2.05, 4.69) is 33.8 Å². The smallest absolute Gasteiger partial charge is 0.0786 e. The Morgan fingerprint density at radius 1 is 0.833 bits per heavy atom. The van der Waals surface area contributed by atoms with Gasteiger partial charge < -0.3 is 14.4 Å². The van der Waals surface area contributed by atoms with Gasteiger partial charge in [-0.3, -0.25) is 0 Å². The van der Waals surface area contributed by atoms with Crippen molar-refractivity contribution >= 4 is 5.97 Å². The molecule has 0 aliphatic heterocycles. The van der Waals surface area contributed by atoms with E-state index in [-0.39, 0.29) is 5.92 Å². The molecule has 0 heterocycles. The minimum Gasteiger partial charge on any atom is -0.550 e. The van der Waals surface area contributed by atoms with Crippen LogP contribution in [0.2, 0.25) is 0 Å². The van der Waals surface area contributed by atoms with E-state index in [1.807, 2.05) is 18.2 Å². The van der Waals surface area contributed by atoms with Crippen LogP contribution < -0.4 is 5.11 Å². The summed E-state index contributed by atoms with van der Waals surface area (Å²) in [7, 11) is 0. The van der Waals surface area contributed by atoms with Crippen LogP contribution in [0.3, 0.4) is 0 Å². The van der Waals surface area contributed by atoms with E-state index < -0.39 is 5.97 Å². The van der Waals surface area contributed by atoms with E-state index in [9.17, 15) is 9.90 Å². The second-order valence-corrected chi connectivity index (χ2v) is 9.18. The van der Waals surface area contributed by atoms with Gasteiger partial charge in [-0.25, -0.2) is 0 Å². The highest BCUT2D eigenvalue weighted by molar-refractivity contribution is 5.68. The van der Waals surface area contributed by atoms with Crippen LogP contribution in [0.1, 0.15) is 96.6 Å². The van der Waals surface area contributed by atoms with Gasteiger partial charge in [0.2, 0.25) is 0 Å². The third-order valence-corrected chi connectivity index (χ3v) is 6.62. The van der Waals surface area contributed by atoms with E-state index in [0.717, 1.165) is 12.8 Å². The molecule has 172 valence electrons. The van der Waals surface area contributed by atoms with Crippen LogP contribution in [0.5, 0.6) is 0 Å². The quantitative estimate of drug-likeness (QED) is 0.395. The fourth-order valence-electron chi connectivity index (χ4n) is 4.54. The topological polar surface area (TPSA) is 40.1 Å². The number of carbonyl (C=O) groups excluding carboxylic acids is 1. The summed E-state index contributed by atoms with van der Waals surface area (Å²) in [4.78, 5) is 10.7. The predicted molar refractivity (Wildman–Crippen MR) is 126 cm³/mol. The van der Waals surface area contributed by atoms with E-state index in [0.29, 0.717) is 6.42 Å². The summed E-state index contributed by atoms with van der Waals surface area (Å²) < 4.78 is 1.42. The molecule has 1 unspecified atom stereocenters. The second kappa shape index (κ2) is 15.5. The lowest BCUT2D eigenvalue weighted by molar-refractivity contribution is -0.929. The summed E-state index contributed by atoms with van der Waals surface area (Å²) in [5.74, 6) is -1.19. The van der Waals surface area contributed by atoms with Crippen LogP contribution in [0.15, 0.2) is 24.3 Å².